The second kappa shape index (κ2) is 5.34. The number of sulfonamides is 1. The SMILES string of the molecule is NCc1ccccc1S(=O)(=O)N(CC(F)(F)F)C1CC1. The first-order chi connectivity index (χ1) is 9.25. The normalized spacial score (nSPS) is 16.6. The van der Waals surface area contributed by atoms with Crippen LogP contribution >= 0.6 is 0 Å². The van der Waals surface area contributed by atoms with Crippen molar-refractivity contribution in [2.75, 3.05) is 6.54 Å². The summed E-state index contributed by atoms with van der Waals surface area (Å²) >= 11 is 0. The fourth-order valence-electron chi connectivity index (χ4n) is 2.00. The summed E-state index contributed by atoms with van der Waals surface area (Å²) in [5.74, 6) is 0. The molecule has 2 rings (SSSR count). The second-order valence-corrected chi connectivity index (χ2v) is 6.57. The molecule has 1 aromatic rings. The Hall–Kier alpha value is -1.12. The van der Waals surface area contributed by atoms with Gasteiger partial charge in [-0.05, 0) is 24.5 Å². The molecule has 1 fully saturated rings. The van der Waals surface area contributed by atoms with E-state index in [1.807, 2.05) is 0 Å². The van der Waals surface area contributed by atoms with Crippen LogP contribution in [0.4, 0.5) is 13.2 Å². The molecule has 1 saturated carbocycles. The number of nitrogens with zero attached hydrogens (tertiary/aromatic N) is 1. The number of nitrogens with two attached hydrogens (primary N) is 1. The fraction of sp³-hybridized carbons (Fsp3) is 0.500. The zero-order chi connectivity index (χ0) is 15.0. The number of halogens is 3. The molecule has 0 bridgehead atoms. The summed E-state index contributed by atoms with van der Waals surface area (Å²) in [5.41, 5.74) is 5.78. The van der Waals surface area contributed by atoms with E-state index in [0.29, 0.717) is 22.7 Å². The van der Waals surface area contributed by atoms with Crippen molar-refractivity contribution >= 4 is 10.0 Å². The van der Waals surface area contributed by atoms with E-state index in [1.165, 1.54) is 18.2 Å². The van der Waals surface area contributed by atoms with Crippen LogP contribution in [0.15, 0.2) is 29.2 Å². The van der Waals surface area contributed by atoms with Gasteiger partial charge in [-0.15, -0.1) is 0 Å². The molecule has 0 aromatic heterocycles. The Morgan fingerprint density at radius 1 is 1.25 bits per heavy atom. The van der Waals surface area contributed by atoms with Crippen LogP contribution in [0.1, 0.15) is 18.4 Å². The first kappa shape index (κ1) is 15.3. The lowest BCUT2D eigenvalue weighted by Crippen LogP contribution is -2.40. The van der Waals surface area contributed by atoms with Gasteiger partial charge in [0.25, 0.3) is 0 Å². The van der Waals surface area contributed by atoms with Crippen molar-refractivity contribution in [3.63, 3.8) is 0 Å². The van der Waals surface area contributed by atoms with Gasteiger partial charge in [0.2, 0.25) is 10.0 Å². The summed E-state index contributed by atoms with van der Waals surface area (Å²) in [5, 5.41) is 0. The van der Waals surface area contributed by atoms with Crippen LogP contribution in [0.25, 0.3) is 0 Å². The van der Waals surface area contributed by atoms with Crippen molar-refractivity contribution in [2.45, 2.75) is 36.5 Å². The van der Waals surface area contributed by atoms with E-state index in [0.717, 1.165) is 0 Å². The smallest absolute Gasteiger partial charge is 0.326 e. The summed E-state index contributed by atoms with van der Waals surface area (Å²) in [6.45, 7) is -1.50. The average molecular weight is 308 g/mol. The highest BCUT2D eigenvalue weighted by Crippen LogP contribution is 2.35. The molecule has 0 atom stereocenters. The zero-order valence-corrected chi connectivity index (χ0v) is 11.4. The number of hydrogen-bond acceptors (Lipinski definition) is 3. The van der Waals surface area contributed by atoms with E-state index in [9.17, 15) is 21.6 Å². The summed E-state index contributed by atoms with van der Waals surface area (Å²) in [6.07, 6.45) is -3.65. The molecule has 4 nitrogen and oxygen atoms in total. The van der Waals surface area contributed by atoms with E-state index in [1.54, 1.807) is 6.07 Å². The van der Waals surface area contributed by atoms with Crippen molar-refractivity contribution < 1.29 is 21.6 Å². The Balaban J connectivity index is 2.40. The molecular weight excluding hydrogens is 293 g/mol. The predicted octanol–water partition coefficient (Wildman–Crippen LogP) is 1.86. The largest absolute Gasteiger partial charge is 0.402 e. The third-order valence-corrected chi connectivity index (χ3v) is 5.07. The average Bonchev–Trinajstić information content (AvgIpc) is 3.19. The van der Waals surface area contributed by atoms with Gasteiger partial charge in [-0.2, -0.15) is 17.5 Å². The molecule has 0 aliphatic heterocycles. The van der Waals surface area contributed by atoms with Gasteiger partial charge in [0.15, 0.2) is 0 Å². The first-order valence-electron chi connectivity index (χ1n) is 6.12. The molecule has 112 valence electrons. The Morgan fingerprint density at radius 2 is 1.85 bits per heavy atom. The Bertz CT molecular complexity index is 583. The molecule has 8 heteroatoms. The zero-order valence-electron chi connectivity index (χ0n) is 10.6. The van der Waals surface area contributed by atoms with Crippen LogP contribution < -0.4 is 5.73 Å². The second-order valence-electron chi connectivity index (χ2n) is 4.71. The molecular formula is C12H15F3N2O2S. The molecule has 1 aromatic carbocycles. The highest BCUT2D eigenvalue weighted by atomic mass is 32.2. The maximum absolute atomic E-state index is 12.6. The third kappa shape index (κ3) is 3.31. The van der Waals surface area contributed by atoms with E-state index in [4.69, 9.17) is 5.73 Å². The number of rotatable bonds is 5. The standard InChI is InChI=1S/C12H15F3N2O2S/c13-12(14,15)8-17(10-5-6-10)20(18,19)11-4-2-1-3-9(11)7-16/h1-4,10H,5-8,16H2. The Labute approximate surface area is 115 Å². The first-order valence-corrected chi connectivity index (χ1v) is 7.56. The number of hydrogen-bond donors (Lipinski definition) is 1. The lowest BCUT2D eigenvalue weighted by Gasteiger charge is -2.24. The van der Waals surface area contributed by atoms with Crippen molar-refractivity contribution in [2.24, 2.45) is 5.73 Å². The van der Waals surface area contributed by atoms with Gasteiger partial charge in [0.05, 0.1) is 4.90 Å². The minimum absolute atomic E-state index is 0.0417. The molecule has 1 aliphatic carbocycles. The monoisotopic (exact) mass is 308 g/mol. The molecule has 1 aliphatic rings. The van der Waals surface area contributed by atoms with Crippen LogP contribution in [0.3, 0.4) is 0 Å². The lowest BCUT2D eigenvalue weighted by atomic mass is 10.2. The van der Waals surface area contributed by atoms with Gasteiger partial charge in [-0.25, -0.2) is 8.42 Å². The Morgan fingerprint density at radius 3 is 2.35 bits per heavy atom. The molecule has 0 saturated heterocycles. The van der Waals surface area contributed by atoms with Crippen molar-refractivity contribution in [1.82, 2.24) is 4.31 Å². The summed E-state index contributed by atoms with van der Waals surface area (Å²) < 4.78 is 63.2. The molecule has 0 unspecified atom stereocenters. The molecule has 0 spiro atoms. The summed E-state index contributed by atoms with van der Waals surface area (Å²) in [4.78, 5) is -0.140. The van der Waals surface area contributed by atoms with Gasteiger partial charge in [0, 0.05) is 12.6 Å². The van der Waals surface area contributed by atoms with Crippen LogP contribution in [0.2, 0.25) is 0 Å². The topological polar surface area (TPSA) is 63.4 Å². The van der Waals surface area contributed by atoms with Gasteiger partial charge in [-0.1, -0.05) is 18.2 Å². The van der Waals surface area contributed by atoms with Gasteiger partial charge in [0.1, 0.15) is 6.54 Å². The molecule has 0 heterocycles. The number of benzene rings is 1. The van der Waals surface area contributed by atoms with Crippen LogP contribution in [0.5, 0.6) is 0 Å². The highest BCUT2D eigenvalue weighted by Gasteiger charge is 2.45. The maximum atomic E-state index is 12.6. The number of alkyl halides is 3. The molecule has 0 radical (unpaired) electrons. The minimum Gasteiger partial charge on any atom is -0.326 e. The van der Waals surface area contributed by atoms with Crippen LogP contribution in [0, 0.1) is 0 Å². The van der Waals surface area contributed by atoms with Crippen LogP contribution in [-0.4, -0.2) is 31.5 Å². The van der Waals surface area contributed by atoms with E-state index >= 15 is 0 Å². The van der Waals surface area contributed by atoms with E-state index in [-0.39, 0.29) is 11.4 Å². The minimum atomic E-state index is -4.56. The van der Waals surface area contributed by atoms with Crippen molar-refractivity contribution in [3.05, 3.63) is 29.8 Å². The quantitative estimate of drug-likeness (QED) is 0.903. The Kier molecular flexibility index (Phi) is 4.08. The fourth-order valence-corrected chi connectivity index (χ4v) is 3.91. The maximum Gasteiger partial charge on any atom is 0.402 e. The predicted molar refractivity (Wildman–Crippen MR) is 67.3 cm³/mol. The van der Waals surface area contributed by atoms with Gasteiger partial charge < -0.3 is 5.73 Å². The van der Waals surface area contributed by atoms with Crippen molar-refractivity contribution in [3.8, 4) is 0 Å². The molecule has 0 amide bonds. The van der Waals surface area contributed by atoms with Gasteiger partial charge in [-0.3, -0.25) is 0 Å². The third-order valence-electron chi connectivity index (χ3n) is 3.07. The summed E-state index contributed by atoms with van der Waals surface area (Å²) in [6, 6.07) is 5.32. The molecule has 20 heavy (non-hydrogen) atoms. The molecule has 2 N–H and O–H groups in total. The highest BCUT2D eigenvalue weighted by molar-refractivity contribution is 7.89. The van der Waals surface area contributed by atoms with E-state index in [2.05, 4.69) is 0 Å². The van der Waals surface area contributed by atoms with Crippen molar-refractivity contribution in [1.29, 1.82) is 0 Å². The summed E-state index contributed by atoms with van der Waals surface area (Å²) in [7, 11) is -4.18. The van der Waals surface area contributed by atoms with Crippen LogP contribution in [-0.2, 0) is 16.6 Å². The lowest BCUT2D eigenvalue weighted by molar-refractivity contribution is -0.137. The van der Waals surface area contributed by atoms with Gasteiger partial charge >= 0.3 is 6.18 Å². The van der Waals surface area contributed by atoms with E-state index < -0.39 is 28.8 Å².